The molecular weight excluding hydrogens is 891 g/mol. The summed E-state index contributed by atoms with van der Waals surface area (Å²) in [6.07, 6.45) is 64.7. The van der Waals surface area contributed by atoms with Crippen LogP contribution in [0.1, 0.15) is 342 Å². The lowest BCUT2D eigenvalue weighted by atomic mass is 10.0. The molecule has 0 bridgehead atoms. The monoisotopic (exact) mass is 1020 g/mol. The number of esters is 1. The molecule has 7 heteroatoms. The normalized spacial score (nSPS) is 17.0. The van der Waals surface area contributed by atoms with Crippen molar-refractivity contribution in [1.82, 2.24) is 4.90 Å². The van der Waals surface area contributed by atoms with E-state index in [1.54, 1.807) is 0 Å². The zero-order valence-corrected chi connectivity index (χ0v) is 49.6. The second-order valence-corrected chi connectivity index (χ2v) is 23.1. The Bertz CT molecular complexity index is 1060. The third-order valence-corrected chi connectivity index (χ3v) is 15.6. The second-order valence-electron chi connectivity index (χ2n) is 23.1. The lowest BCUT2D eigenvalue weighted by Gasteiger charge is -2.25. The summed E-state index contributed by atoms with van der Waals surface area (Å²) < 4.78 is 32.5. The summed E-state index contributed by atoms with van der Waals surface area (Å²) in [6.45, 7) is 9.96. The van der Waals surface area contributed by atoms with E-state index < -0.39 is 12.4 Å². The highest BCUT2D eigenvalue weighted by Crippen LogP contribution is 2.30. The fraction of sp³-hybridized carbons (Fsp3) is 0.985. The van der Waals surface area contributed by atoms with Gasteiger partial charge in [-0.1, -0.05) is 310 Å². The highest BCUT2D eigenvalue weighted by atomic mass is 16.7. The van der Waals surface area contributed by atoms with Crippen LogP contribution in [0.15, 0.2) is 0 Å². The summed E-state index contributed by atoms with van der Waals surface area (Å²) in [5, 5.41) is 0. The molecule has 0 aromatic rings. The molecule has 72 heavy (non-hydrogen) atoms. The molecule has 1 rings (SSSR count). The quantitative estimate of drug-likeness (QED) is 0.0444. The molecule has 0 aliphatic carbocycles. The average Bonchev–Trinajstić information content (AvgIpc) is 3.70. The molecule has 430 valence electrons. The summed E-state index contributed by atoms with van der Waals surface area (Å²) in [5.41, 5.74) is 0. The fourth-order valence-electron chi connectivity index (χ4n) is 10.7. The number of carbonyl (C=O) groups excluding carboxylic acids is 1. The molecule has 7 nitrogen and oxygen atoms in total. The van der Waals surface area contributed by atoms with Crippen LogP contribution in [-0.2, 0) is 28.5 Å². The molecule has 1 aliphatic rings. The van der Waals surface area contributed by atoms with E-state index in [0.717, 1.165) is 32.2 Å². The van der Waals surface area contributed by atoms with E-state index in [1.807, 2.05) is 14.1 Å². The van der Waals surface area contributed by atoms with Crippen LogP contribution in [0.2, 0.25) is 0 Å². The average molecular weight is 1020 g/mol. The van der Waals surface area contributed by atoms with Gasteiger partial charge in [-0.15, -0.1) is 0 Å². The maximum Gasteiger partial charge on any atom is 0.305 e. The molecule has 1 heterocycles. The molecule has 4 atom stereocenters. The first kappa shape index (κ1) is 69.3. The Morgan fingerprint density at radius 1 is 0.347 bits per heavy atom. The minimum atomic E-state index is -0.504. The van der Waals surface area contributed by atoms with Gasteiger partial charge >= 0.3 is 5.97 Å². The molecule has 1 aliphatic heterocycles. The first-order valence-corrected chi connectivity index (χ1v) is 32.8. The van der Waals surface area contributed by atoms with Crippen LogP contribution >= 0.6 is 0 Å². The minimum Gasteiger partial charge on any atom is -0.463 e. The van der Waals surface area contributed by atoms with E-state index in [1.165, 1.54) is 289 Å². The SMILES string of the molecule is CCCCCCCCCCCCCCCCCCOC1[C@@H](COC(=O)CCCN(C)C)O[C@@H](OCCCCCCCCCCCCCCCCCC)[C@H]1OCCCCCCCCCCCCCCCCCC. The van der Waals surface area contributed by atoms with Gasteiger partial charge < -0.3 is 28.6 Å². The van der Waals surface area contributed by atoms with Gasteiger partial charge in [-0.3, -0.25) is 4.79 Å². The Hall–Kier alpha value is -0.730. The third kappa shape index (κ3) is 46.6. The van der Waals surface area contributed by atoms with E-state index in [2.05, 4.69) is 25.7 Å². The Labute approximate surface area is 451 Å². The molecule has 0 radical (unpaired) electrons. The largest absolute Gasteiger partial charge is 0.463 e. The Balaban J connectivity index is 2.59. The van der Waals surface area contributed by atoms with E-state index in [4.69, 9.17) is 23.7 Å². The van der Waals surface area contributed by atoms with Crippen molar-refractivity contribution in [3.63, 3.8) is 0 Å². The second kappa shape index (κ2) is 56.5. The molecular formula is C65H129NO6. The van der Waals surface area contributed by atoms with Crippen LogP contribution < -0.4 is 0 Å². The van der Waals surface area contributed by atoms with Crippen molar-refractivity contribution in [2.24, 2.45) is 0 Å². The molecule has 1 unspecified atom stereocenters. The lowest BCUT2D eigenvalue weighted by molar-refractivity contribution is -0.184. The Morgan fingerprint density at radius 3 is 0.903 bits per heavy atom. The van der Waals surface area contributed by atoms with Gasteiger partial charge in [0, 0.05) is 26.2 Å². The smallest absolute Gasteiger partial charge is 0.305 e. The number of nitrogens with zero attached hydrogens (tertiary/aromatic N) is 1. The van der Waals surface area contributed by atoms with Gasteiger partial charge in [0.2, 0.25) is 0 Å². The minimum absolute atomic E-state index is 0.167. The van der Waals surface area contributed by atoms with Crippen molar-refractivity contribution in [3.8, 4) is 0 Å². The number of carbonyl (C=O) groups is 1. The number of hydrogen-bond donors (Lipinski definition) is 0. The predicted octanol–water partition coefficient (Wildman–Crippen LogP) is 20.2. The topological polar surface area (TPSA) is 66.5 Å². The van der Waals surface area contributed by atoms with Crippen molar-refractivity contribution >= 4 is 5.97 Å². The van der Waals surface area contributed by atoms with Gasteiger partial charge in [0.1, 0.15) is 24.9 Å². The van der Waals surface area contributed by atoms with E-state index in [9.17, 15) is 4.79 Å². The van der Waals surface area contributed by atoms with E-state index in [0.29, 0.717) is 26.2 Å². The molecule has 0 amide bonds. The first-order chi connectivity index (χ1) is 35.5. The van der Waals surface area contributed by atoms with Crippen molar-refractivity contribution in [2.75, 3.05) is 47.1 Å². The van der Waals surface area contributed by atoms with Gasteiger partial charge in [0.15, 0.2) is 6.29 Å². The number of unbranched alkanes of at least 4 members (excludes halogenated alkanes) is 45. The number of hydrogen-bond acceptors (Lipinski definition) is 7. The number of rotatable bonds is 60. The van der Waals surface area contributed by atoms with Crippen molar-refractivity contribution in [2.45, 2.75) is 366 Å². The van der Waals surface area contributed by atoms with Gasteiger partial charge in [-0.2, -0.15) is 0 Å². The maximum absolute atomic E-state index is 12.9. The summed E-state index contributed by atoms with van der Waals surface area (Å²) >= 11 is 0. The zero-order valence-electron chi connectivity index (χ0n) is 49.6. The van der Waals surface area contributed by atoms with Crippen molar-refractivity contribution < 1.29 is 28.5 Å². The predicted molar refractivity (Wildman–Crippen MR) is 311 cm³/mol. The fourth-order valence-corrected chi connectivity index (χ4v) is 10.7. The Morgan fingerprint density at radius 2 is 0.611 bits per heavy atom. The molecule has 0 N–H and O–H groups in total. The summed E-state index contributed by atoms with van der Waals surface area (Å²) in [6, 6.07) is 0. The van der Waals surface area contributed by atoms with Gasteiger partial charge in [0.05, 0.1) is 0 Å². The summed E-state index contributed by atoms with van der Waals surface area (Å²) in [7, 11) is 4.08. The van der Waals surface area contributed by atoms with E-state index >= 15 is 0 Å². The van der Waals surface area contributed by atoms with E-state index in [-0.39, 0.29) is 24.8 Å². The van der Waals surface area contributed by atoms with Gasteiger partial charge in [-0.05, 0) is 46.3 Å². The highest BCUT2D eigenvalue weighted by Gasteiger charge is 2.47. The van der Waals surface area contributed by atoms with Gasteiger partial charge in [-0.25, -0.2) is 0 Å². The molecule has 0 spiro atoms. The van der Waals surface area contributed by atoms with Gasteiger partial charge in [0.25, 0.3) is 0 Å². The first-order valence-electron chi connectivity index (χ1n) is 32.8. The van der Waals surface area contributed by atoms with Crippen molar-refractivity contribution in [3.05, 3.63) is 0 Å². The standard InChI is InChI=1S/C65H129NO6/c1-6-9-12-15-18-21-24-27-30-33-36-39-42-45-48-51-57-68-63-61(60-71-62(67)55-54-56-66(4)5)72-65(70-59-53-50-47-44-41-38-35-32-29-26-23-20-17-14-11-8-3)64(63)69-58-52-49-46-43-40-37-34-31-28-25-22-19-16-13-10-7-2/h61,63-65H,6-60H2,1-5H3/t61-,63?,64+,65-/m1/s1. The maximum atomic E-state index is 12.9. The van der Waals surface area contributed by atoms with Crippen LogP contribution in [0.5, 0.6) is 0 Å². The Kier molecular flexibility index (Phi) is 54.3. The zero-order chi connectivity index (χ0) is 51.9. The van der Waals surface area contributed by atoms with Crippen LogP contribution in [0, 0.1) is 0 Å². The summed E-state index contributed by atoms with van der Waals surface area (Å²) in [5.74, 6) is -0.167. The van der Waals surface area contributed by atoms with Crippen molar-refractivity contribution in [1.29, 1.82) is 0 Å². The van der Waals surface area contributed by atoms with Crippen LogP contribution in [0.4, 0.5) is 0 Å². The lowest BCUT2D eigenvalue weighted by Crippen LogP contribution is -2.40. The highest BCUT2D eigenvalue weighted by molar-refractivity contribution is 5.69. The van der Waals surface area contributed by atoms with Crippen LogP contribution in [-0.4, -0.2) is 82.5 Å². The van der Waals surface area contributed by atoms with Crippen LogP contribution in [0.25, 0.3) is 0 Å². The third-order valence-electron chi connectivity index (χ3n) is 15.6. The molecule has 0 saturated carbocycles. The molecule has 1 saturated heterocycles. The molecule has 0 aromatic carbocycles. The molecule has 0 aromatic heterocycles. The molecule has 1 fully saturated rings. The van der Waals surface area contributed by atoms with Crippen LogP contribution in [0.3, 0.4) is 0 Å². The number of ether oxygens (including phenoxy) is 5. The summed E-state index contributed by atoms with van der Waals surface area (Å²) in [4.78, 5) is 15.0.